The largest absolute Gasteiger partial charge is 0.380 e. The second kappa shape index (κ2) is 5.69. The lowest BCUT2D eigenvalue weighted by Crippen LogP contribution is -2.00. The molecule has 3 nitrogen and oxygen atoms in total. The molecule has 0 unspecified atom stereocenters. The van der Waals surface area contributed by atoms with Crippen molar-refractivity contribution in [1.29, 1.82) is 0 Å². The smallest absolute Gasteiger partial charge is 0.0799 e. The average molecular weight is 304 g/mol. The number of anilines is 1. The highest BCUT2D eigenvalue weighted by Gasteiger charge is 2.09. The van der Waals surface area contributed by atoms with Crippen LogP contribution in [0.5, 0.6) is 0 Å². The standard InChI is InChI=1S/C15H14ClN3S/c1-10-4-5-13(12(16)7-10)17-8-11-9-18-19-15(11)14-3-2-6-20-14/h2-7,9,17H,8H2,1H3,(H,18,19). The zero-order chi connectivity index (χ0) is 13.9. The molecule has 0 amide bonds. The van der Waals surface area contributed by atoms with Crippen molar-refractivity contribution in [2.45, 2.75) is 13.5 Å². The van der Waals surface area contributed by atoms with Crippen LogP contribution in [-0.4, -0.2) is 10.2 Å². The highest BCUT2D eigenvalue weighted by molar-refractivity contribution is 7.13. The van der Waals surface area contributed by atoms with E-state index in [9.17, 15) is 0 Å². The van der Waals surface area contributed by atoms with Gasteiger partial charge in [-0.15, -0.1) is 11.3 Å². The van der Waals surface area contributed by atoms with Crippen molar-refractivity contribution in [2.75, 3.05) is 5.32 Å². The number of nitrogens with zero attached hydrogens (tertiary/aromatic N) is 1. The normalized spacial score (nSPS) is 10.7. The van der Waals surface area contributed by atoms with E-state index in [1.54, 1.807) is 11.3 Å². The van der Waals surface area contributed by atoms with Crippen molar-refractivity contribution in [3.63, 3.8) is 0 Å². The Bertz CT molecular complexity index is 704. The second-order valence-corrected chi connectivity index (χ2v) is 5.94. The number of hydrogen-bond acceptors (Lipinski definition) is 3. The Balaban J connectivity index is 1.78. The Labute approximate surface area is 126 Å². The molecule has 2 N–H and O–H groups in total. The van der Waals surface area contributed by atoms with E-state index in [-0.39, 0.29) is 0 Å². The topological polar surface area (TPSA) is 40.7 Å². The highest BCUT2D eigenvalue weighted by Crippen LogP contribution is 2.28. The predicted octanol–water partition coefficient (Wildman–Crippen LogP) is 4.71. The van der Waals surface area contributed by atoms with E-state index in [2.05, 4.69) is 27.0 Å². The molecule has 0 aliphatic heterocycles. The van der Waals surface area contributed by atoms with Gasteiger partial charge in [0.05, 0.1) is 27.5 Å². The number of H-pyrrole nitrogens is 1. The number of aryl methyl sites for hydroxylation is 1. The van der Waals surface area contributed by atoms with Crippen molar-refractivity contribution in [1.82, 2.24) is 10.2 Å². The van der Waals surface area contributed by atoms with Crippen LogP contribution < -0.4 is 5.32 Å². The number of benzene rings is 1. The molecular weight excluding hydrogens is 290 g/mol. The lowest BCUT2D eigenvalue weighted by atomic mass is 10.2. The third kappa shape index (κ3) is 2.71. The maximum atomic E-state index is 6.23. The fourth-order valence-electron chi connectivity index (χ4n) is 2.03. The fourth-order valence-corrected chi connectivity index (χ4v) is 3.09. The summed E-state index contributed by atoms with van der Waals surface area (Å²) in [5, 5.41) is 13.4. The summed E-state index contributed by atoms with van der Waals surface area (Å²) >= 11 is 7.92. The summed E-state index contributed by atoms with van der Waals surface area (Å²) in [5.74, 6) is 0. The highest BCUT2D eigenvalue weighted by atomic mass is 35.5. The predicted molar refractivity (Wildman–Crippen MR) is 85.4 cm³/mol. The molecule has 2 heterocycles. The van der Waals surface area contributed by atoms with Crippen LogP contribution in [0.1, 0.15) is 11.1 Å². The number of hydrogen-bond donors (Lipinski definition) is 2. The second-order valence-electron chi connectivity index (χ2n) is 4.58. The third-order valence-corrected chi connectivity index (χ3v) is 4.28. The maximum Gasteiger partial charge on any atom is 0.0799 e. The number of thiophene rings is 1. The van der Waals surface area contributed by atoms with Crippen molar-refractivity contribution in [2.24, 2.45) is 0 Å². The molecule has 0 aliphatic carbocycles. The van der Waals surface area contributed by atoms with E-state index in [1.807, 2.05) is 37.4 Å². The van der Waals surface area contributed by atoms with Crippen LogP contribution in [0.3, 0.4) is 0 Å². The molecule has 3 rings (SSSR count). The van der Waals surface area contributed by atoms with Crippen LogP contribution >= 0.6 is 22.9 Å². The Kier molecular flexibility index (Phi) is 3.76. The van der Waals surface area contributed by atoms with E-state index in [0.717, 1.165) is 27.5 Å². The minimum Gasteiger partial charge on any atom is -0.380 e. The van der Waals surface area contributed by atoms with Crippen LogP contribution in [0.2, 0.25) is 5.02 Å². The molecule has 3 aromatic rings. The SMILES string of the molecule is Cc1ccc(NCc2cn[nH]c2-c2cccs2)c(Cl)c1. The van der Waals surface area contributed by atoms with Crippen LogP contribution in [0, 0.1) is 6.92 Å². The van der Waals surface area contributed by atoms with E-state index >= 15 is 0 Å². The molecule has 0 aliphatic rings. The van der Waals surface area contributed by atoms with Gasteiger partial charge in [0, 0.05) is 12.1 Å². The first-order valence-electron chi connectivity index (χ1n) is 6.30. The number of nitrogens with one attached hydrogen (secondary N) is 2. The Hall–Kier alpha value is -1.78. The van der Waals surface area contributed by atoms with Gasteiger partial charge in [-0.2, -0.15) is 5.10 Å². The molecule has 0 atom stereocenters. The Morgan fingerprint density at radius 1 is 1.35 bits per heavy atom. The molecule has 5 heteroatoms. The monoisotopic (exact) mass is 303 g/mol. The lowest BCUT2D eigenvalue weighted by molar-refractivity contribution is 1.10. The van der Waals surface area contributed by atoms with Crippen molar-refractivity contribution < 1.29 is 0 Å². The summed E-state index contributed by atoms with van der Waals surface area (Å²) in [7, 11) is 0. The third-order valence-electron chi connectivity index (χ3n) is 3.08. The summed E-state index contributed by atoms with van der Waals surface area (Å²) in [6.45, 7) is 2.72. The lowest BCUT2D eigenvalue weighted by Gasteiger charge is -2.09. The van der Waals surface area contributed by atoms with Crippen LogP contribution in [0.25, 0.3) is 10.6 Å². The summed E-state index contributed by atoms with van der Waals surface area (Å²) in [6.07, 6.45) is 1.85. The minimum atomic E-state index is 0.687. The molecular formula is C15H14ClN3S. The first kappa shape index (κ1) is 13.2. The summed E-state index contributed by atoms with van der Waals surface area (Å²) in [5.41, 5.74) is 4.29. The Morgan fingerprint density at radius 2 is 2.25 bits per heavy atom. The summed E-state index contributed by atoms with van der Waals surface area (Å²) in [4.78, 5) is 1.19. The number of halogens is 1. The molecule has 0 spiro atoms. The van der Waals surface area contributed by atoms with Crippen LogP contribution in [0.15, 0.2) is 41.9 Å². The van der Waals surface area contributed by atoms with Crippen LogP contribution in [0.4, 0.5) is 5.69 Å². The molecule has 1 aromatic carbocycles. The van der Waals surface area contributed by atoms with Crippen molar-refractivity contribution in [3.8, 4) is 10.6 Å². The van der Waals surface area contributed by atoms with Crippen molar-refractivity contribution >= 4 is 28.6 Å². The average Bonchev–Trinajstić information content (AvgIpc) is 3.08. The number of aromatic nitrogens is 2. The fraction of sp³-hybridized carbons (Fsp3) is 0.133. The Morgan fingerprint density at radius 3 is 3.00 bits per heavy atom. The van der Waals surface area contributed by atoms with E-state index in [0.29, 0.717) is 6.54 Å². The summed E-state index contributed by atoms with van der Waals surface area (Å²) < 4.78 is 0. The van der Waals surface area contributed by atoms with Gasteiger partial charge in [0.25, 0.3) is 0 Å². The summed E-state index contributed by atoms with van der Waals surface area (Å²) in [6, 6.07) is 10.1. The van der Waals surface area contributed by atoms with E-state index < -0.39 is 0 Å². The molecule has 20 heavy (non-hydrogen) atoms. The van der Waals surface area contributed by atoms with Gasteiger partial charge in [0.2, 0.25) is 0 Å². The molecule has 102 valence electrons. The van der Waals surface area contributed by atoms with Crippen LogP contribution in [-0.2, 0) is 6.54 Å². The zero-order valence-corrected chi connectivity index (χ0v) is 12.6. The molecule has 0 fully saturated rings. The van der Waals surface area contributed by atoms with Gasteiger partial charge in [0.1, 0.15) is 0 Å². The maximum absolute atomic E-state index is 6.23. The first-order valence-corrected chi connectivity index (χ1v) is 7.56. The molecule has 0 bridgehead atoms. The first-order chi connectivity index (χ1) is 9.74. The molecule has 0 radical (unpaired) electrons. The molecule has 0 saturated heterocycles. The zero-order valence-electron chi connectivity index (χ0n) is 11.0. The number of rotatable bonds is 4. The molecule has 0 saturated carbocycles. The van der Waals surface area contributed by atoms with E-state index in [1.165, 1.54) is 4.88 Å². The number of aromatic amines is 1. The van der Waals surface area contributed by atoms with Gasteiger partial charge in [-0.25, -0.2) is 0 Å². The quantitative estimate of drug-likeness (QED) is 0.732. The van der Waals surface area contributed by atoms with Gasteiger partial charge in [0.15, 0.2) is 0 Å². The van der Waals surface area contributed by atoms with Gasteiger partial charge >= 0.3 is 0 Å². The van der Waals surface area contributed by atoms with E-state index in [4.69, 9.17) is 11.6 Å². The minimum absolute atomic E-state index is 0.687. The van der Waals surface area contributed by atoms with Crippen molar-refractivity contribution in [3.05, 3.63) is 58.1 Å². The van der Waals surface area contributed by atoms with Gasteiger partial charge in [-0.05, 0) is 36.1 Å². The van der Waals surface area contributed by atoms with Gasteiger partial charge < -0.3 is 5.32 Å². The van der Waals surface area contributed by atoms with Gasteiger partial charge in [-0.3, -0.25) is 5.10 Å². The molecule has 2 aromatic heterocycles. The van der Waals surface area contributed by atoms with Gasteiger partial charge in [-0.1, -0.05) is 23.7 Å².